The van der Waals surface area contributed by atoms with Crippen LogP contribution in [0.1, 0.15) is 29.6 Å². The second kappa shape index (κ2) is 7.35. The van der Waals surface area contributed by atoms with Gasteiger partial charge in [0, 0.05) is 25.6 Å². The summed E-state index contributed by atoms with van der Waals surface area (Å²) in [4.78, 5) is 15.8. The average Bonchev–Trinajstić information content (AvgIpc) is 2.55. The van der Waals surface area contributed by atoms with Gasteiger partial charge in [0.15, 0.2) is 6.10 Å². The Morgan fingerprint density at radius 1 is 1.39 bits per heavy atom. The third-order valence-electron chi connectivity index (χ3n) is 3.92. The lowest BCUT2D eigenvalue weighted by Gasteiger charge is -2.35. The standard InChI is InChI=1S/C17H20F2N2O2/c1-20-11-14(21-2)13-8-9-15(17(18,19)10-13)23-16(22)12-6-4-3-5-7-12/h3-7,11,13,15,20H,2,8-10H2,1H3/b14-11-/t13-,15-/m0/s1. The van der Waals surface area contributed by atoms with Crippen LogP contribution in [-0.2, 0) is 4.74 Å². The highest BCUT2D eigenvalue weighted by Gasteiger charge is 2.48. The highest BCUT2D eigenvalue weighted by Crippen LogP contribution is 2.41. The van der Waals surface area contributed by atoms with Gasteiger partial charge in [-0.3, -0.25) is 4.99 Å². The maximum atomic E-state index is 14.3. The summed E-state index contributed by atoms with van der Waals surface area (Å²) >= 11 is 0. The molecule has 0 bridgehead atoms. The molecular weight excluding hydrogens is 302 g/mol. The molecule has 0 heterocycles. The van der Waals surface area contributed by atoms with E-state index in [1.807, 2.05) is 0 Å². The Balaban J connectivity index is 2.05. The van der Waals surface area contributed by atoms with Crippen LogP contribution in [-0.4, -0.2) is 31.8 Å². The van der Waals surface area contributed by atoms with Gasteiger partial charge in [-0.25, -0.2) is 13.6 Å². The van der Waals surface area contributed by atoms with Crippen molar-refractivity contribution in [2.24, 2.45) is 10.9 Å². The highest BCUT2D eigenvalue weighted by atomic mass is 19.3. The largest absolute Gasteiger partial charge is 0.452 e. The summed E-state index contributed by atoms with van der Waals surface area (Å²) in [5.74, 6) is -4.21. The Kier molecular flexibility index (Phi) is 5.47. The normalized spacial score (nSPS) is 23.9. The number of benzene rings is 1. The van der Waals surface area contributed by atoms with Crippen LogP contribution in [0.2, 0.25) is 0 Å². The average molecular weight is 322 g/mol. The third-order valence-corrected chi connectivity index (χ3v) is 3.92. The number of allylic oxidation sites excluding steroid dienone is 1. The predicted molar refractivity (Wildman–Crippen MR) is 84.6 cm³/mol. The van der Waals surface area contributed by atoms with Crippen molar-refractivity contribution in [1.29, 1.82) is 0 Å². The molecule has 0 saturated heterocycles. The van der Waals surface area contributed by atoms with E-state index in [1.165, 1.54) is 0 Å². The van der Waals surface area contributed by atoms with Crippen molar-refractivity contribution in [3.63, 3.8) is 0 Å². The van der Waals surface area contributed by atoms with Crippen molar-refractivity contribution in [1.82, 2.24) is 5.32 Å². The molecule has 1 fully saturated rings. The van der Waals surface area contributed by atoms with Crippen LogP contribution in [0.4, 0.5) is 8.78 Å². The van der Waals surface area contributed by atoms with Gasteiger partial charge in [0.05, 0.1) is 11.3 Å². The van der Waals surface area contributed by atoms with Crippen molar-refractivity contribution in [2.45, 2.75) is 31.3 Å². The van der Waals surface area contributed by atoms with Crippen LogP contribution in [0.15, 0.2) is 47.2 Å². The van der Waals surface area contributed by atoms with E-state index in [0.717, 1.165) is 0 Å². The van der Waals surface area contributed by atoms with Gasteiger partial charge in [0.25, 0.3) is 5.92 Å². The van der Waals surface area contributed by atoms with Gasteiger partial charge in [-0.2, -0.15) is 0 Å². The molecule has 2 atom stereocenters. The number of alkyl halides is 2. The van der Waals surface area contributed by atoms with E-state index in [-0.39, 0.29) is 12.0 Å². The van der Waals surface area contributed by atoms with E-state index in [0.29, 0.717) is 12.1 Å². The van der Waals surface area contributed by atoms with Gasteiger partial charge in [-0.1, -0.05) is 18.2 Å². The molecular formula is C17H20F2N2O2. The first-order valence-electron chi connectivity index (χ1n) is 7.46. The molecule has 1 aromatic rings. The highest BCUT2D eigenvalue weighted by molar-refractivity contribution is 5.89. The van der Waals surface area contributed by atoms with E-state index < -0.39 is 30.3 Å². The fraction of sp³-hybridized carbons (Fsp3) is 0.412. The number of rotatable bonds is 5. The number of hydrogen-bond donors (Lipinski definition) is 1. The minimum Gasteiger partial charge on any atom is -0.452 e. The van der Waals surface area contributed by atoms with Crippen LogP contribution in [0.25, 0.3) is 0 Å². The van der Waals surface area contributed by atoms with Crippen molar-refractivity contribution >= 4 is 12.7 Å². The number of nitrogens with one attached hydrogen (secondary N) is 1. The molecule has 2 rings (SSSR count). The SMILES string of the molecule is C=N/C(=C\NC)[C@H]1CC[C@H](OC(=O)c2ccccc2)C(F)(F)C1. The first kappa shape index (κ1) is 17.1. The minimum absolute atomic E-state index is 0.0901. The zero-order valence-corrected chi connectivity index (χ0v) is 13.0. The smallest absolute Gasteiger partial charge is 0.338 e. The van der Waals surface area contributed by atoms with Crippen LogP contribution in [0.3, 0.4) is 0 Å². The summed E-state index contributed by atoms with van der Waals surface area (Å²) in [6.45, 7) is 3.42. The predicted octanol–water partition coefficient (Wildman–Crippen LogP) is 3.41. The van der Waals surface area contributed by atoms with E-state index in [1.54, 1.807) is 43.6 Å². The number of halogens is 2. The molecule has 6 heteroatoms. The Labute approximate surface area is 134 Å². The number of ether oxygens (including phenoxy) is 1. The zero-order chi connectivity index (χ0) is 16.9. The van der Waals surface area contributed by atoms with Crippen molar-refractivity contribution in [3.8, 4) is 0 Å². The zero-order valence-electron chi connectivity index (χ0n) is 13.0. The van der Waals surface area contributed by atoms with E-state index >= 15 is 0 Å². The quantitative estimate of drug-likeness (QED) is 0.667. The molecule has 4 nitrogen and oxygen atoms in total. The Morgan fingerprint density at radius 2 is 2.09 bits per heavy atom. The summed E-state index contributed by atoms with van der Waals surface area (Å²) in [5.41, 5.74) is 0.772. The van der Waals surface area contributed by atoms with E-state index in [2.05, 4.69) is 17.0 Å². The van der Waals surface area contributed by atoms with E-state index in [9.17, 15) is 13.6 Å². The van der Waals surface area contributed by atoms with Gasteiger partial charge < -0.3 is 10.1 Å². The molecule has 1 aliphatic rings. The number of hydrogen-bond acceptors (Lipinski definition) is 4. The molecule has 1 saturated carbocycles. The number of carbonyl (C=O) groups is 1. The molecule has 0 aromatic heterocycles. The molecule has 1 N–H and O–H groups in total. The number of aliphatic imine (C=N–C) groups is 1. The summed E-state index contributed by atoms with van der Waals surface area (Å²) in [7, 11) is 1.68. The summed E-state index contributed by atoms with van der Waals surface area (Å²) in [5, 5.41) is 2.78. The molecule has 1 aromatic carbocycles. The Morgan fingerprint density at radius 3 is 2.65 bits per heavy atom. The Hall–Kier alpha value is -2.24. The second-order valence-corrected chi connectivity index (χ2v) is 5.52. The minimum atomic E-state index is -3.09. The monoisotopic (exact) mass is 322 g/mol. The van der Waals surface area contributed by atoms with Crippen LogP contribution >= 0.6 is 0 Å². The van der Waals surface area contributed by atoms with Gasteiger partial charge >= 0.3 is 5.97 Å². The first-order chi connectivity index (χ1) is 11.0. The third kappa shape index (κ3) is 4.15. The lowest BCUT2D eigenvalue weighted by Crippen LogP contribution is -2.43. The van der Waals surface area contributed by atoms with Crippen LogP contribution in [0.5, 0.6) is 0 Å². The van der Waals surface area contributed by atoms with E-state index in [4.69, 9.17) is 4.74 Å². The molecule has 124 valence electrons. The van der Waals surface area contributed by atoms with Gasteiger partial charge in [-0.15, -0.1) is 0 Å². The van der Waals surface area contributed by atoms with Gasteiger partial charge in [-0.05, 0) is 31.7 Å². The number of nitrogens with zero attached hydrogens (tertiary/aromatic N) is 1. The molecule has 0 amide bonds. The maximum Gasteiger partial charge on any atom is 0.338 e. The van der Waals surface area contributed by atoms with Crippen LogP contribution in [0, 0.1) is 5.92 Å². The maximum absolute atomic E-state index is 14.3. The molecule has 1 aliphatic carbocycles. The number of esters is 1. The molecule has 0 radical (unpaired) electrons. The Bertz CT molecular complexity index is 588. The van der Waals surface area contributed by atoms with Gasteiger partial charge in [0.1, 0.15) is 0 Å². The number of carbonyl (C=O) groups excluding carboxylic acids is 1. The molecule has 0 spiro atoms. The fourth-order valence-corrected chi connectivity index (χ4v) is 2.74. The topological polar surface area (TPSA) is 50.7 Å². The van der Waals surface area contributed by atoms with Gasteiger partial charge in [0.2, 0.25) is 0 Å². The summed E-state index contributed by atoms with van der Waals surface area (Å²) < 4.78 is 33.7. The lowest BCUT2D eigenvalue weighted by molar-refractivity contribution is -0.144. The lowest BCUT2D eigenvalue weighted by atomic mass is 9.82. The van der Waals surface area contributed by atoms with Crippen molar-refractivity contribution in [3.05, 3.63) is 47.8 Å². The first-order valence-corrected chi connectivity index (χ1v) is 7.46. The molecule has 0 aliphatic heterocycles. The molecule has 23 heavy (non-hydrogen) atoms. The van der Waals surface area contributed by atoms with Crippen LogP contribution < -0.4 is 5.32 Å². The summed E-state index contributed by atoms with van der Waals surface area (Å²) in [6, 6.07) is 8.16. The summed E-state index contributed by atoms with van der Waals surface area (Å²) in [6.07, 6.45) is 0.310. The van der Waals surface area contributed by atoms with Crippen molar-refractivity contribution in [2.75, 3.05) is 7.05 Å². The van der Waals surface area contributed by atoms with Crippen molar-refractivity contribution < 1.29 is 18.3 Å². The fourth-order valence-electron chi connectivity index (χ4n) is 2.74. The molecule has 0 unspecified atom stereocenters. The second-order valence-electron chi connectivity index (χ2n) is 5.52.